The molecule has 0 aliphatic carbocycles. The van der Waals surface area contributed by atoms with E-state index >= 15 is 0 Å². The van der Waals surface area contributed by atoms with E-state index in [1.165, 1.54) is 12.1 Å². The van der Waals surface area contributed by atoms with Gasteiger partial charge in [0, 0.05) is 12.5 Å². The summed E-state index contributed by atoms with van der Waals surface area (Å²) in [5, 5.41) is 7.58. The molecule has 96 valence electrons. The topological polar surface area (TPSA) is 64.9 Å². The van der Waals surface area contributed by atoms with E-state index in [0.717, 1.165) is 6.07 Å². The van der Waals surface area contributed by atoms with E-state index in [0.29, 0.717) is 17.9 Å². The van der Waals surface area contributed by atoms with E-state index in [1.54, 1.807) is 0 Å². The number of aromatic nitrogens is 2. The molecule has 1 aromatic carbocycles. The SMILES string of the molecule is CCc1nnc([C@@H](N)Cc2ccc(F)cc2F)o1. The fourth-order valence-electron chi connectivity index (χ4n) is 1.57. The lowest BCUT2D eigenvalue weighted by Gasteiger charge is -2.07. The fourth-order valence-corrected chi connectivity index (χ4v) is 1.57. The summed E-state index contributed by atoms with van der Waals surface area (Å²) in [6, 6.07) is 2.78. The molecule has 0 bridgehead atoms. The highest BCUT2D eigenvalue weighted by Crippen LogP contribution is 2.18. The van der Waals surface area contributed by atoms with Gasteiger partial charge in [-0.1, -0.05) is 13.0 Å². The Bertz CT molecular complexity index is 542. The summed E-state index contributed by atoms with van der Waals surface area (Å²) < 4.78 is 31.5. The summed E-state index contributed by atoms with van der Waals surface area (Å²) in [6.07, 6.45) is 0.794. The monoisotopic (exact) mass is 253 g/mol. The molecule has 2 N–H and O–H groups in total. The number of aryl methyl sites for hydroxylation is 1. The summed E-state index contributed by atoms with van der Waals surface area (Å²) in [5.74, 6) is -0.493. The standard InChI is InChI=1S/C12H13F2N3O/c1-2-11-16-17-12(18-11)10(15)5-7-3-4-8(13)6-9(7)14/h3-4,6,10H,2,5,15H2,1H3/t10-/m0/s1. The molecular formula is C12H13F2N3O. The van der Waals surface area contributed by atoms with E-state index in [1.807, 2.05) is 6.92 Å². The molecule has 0 aliphatic rings. The smallest absolute Gasteiger partial charge is 0.233 e. The Labute approximate surface area is 103 Å². The zero-order chi connectivity index (χ0) is 13.1. The van der Waals surface area contributed by atoms with Crippen LogP contribution >= 0.6 is 0 Å². The number of halogens is 2. The third kappa shape index (κ3) is 2.70. The maximum absolute atomic E-state index is 13.4. The molecule has 1 atom stereocenters. The summed E-state index contributed by atoms with van der Waals surface area (Å²) in [5.41, 5.74) is 6.16. The van der Waals surface area contributed by atoms with Crippen molar-refractivity contribution in [1.82, 2.24) is 10.2 Å². The molecule has 4 nitrogen and oxygen atoms in total. The number of nitrogens with zero attached hydrogens (tertiary/aromatic N) is 2. The summed E-state index contributed by atoms with van der Waals surface area (Å²) in [4.78, 5) is 0. The fraction of sp³-hybridized carbons (Fsp3) is 0.333. The molecule has 0 unspecified atom stereocenters. The van der Waals surface area contributed by atoms with Gasteiger partial charge in [0.15, 0.2) is 0 Å². The summed E-state index contributed by atoms with van der Waals surface area (Å²) in [6.45, 7) is 1.88. The van der Waals surface area contributed by atoms with Crippen molar-refractivity contribution in [3.63, 3.8) is 0 Å². The first kappa shape index (κ1) is 12.6. The van der Waals surface area contributed by atoms with Crippen LogP contribution in [-0.2, 0) is 12.8 Å². The third-order valence-electron chi connectivity index (χ3n) is 2.56. The zero-order valence-electron chi connectivity index (χ0n) is 9.86. The Morgan fingerprint density at radius 1 is 1.33 bits per heavy atom. The molecule has 6 heteroatoms. The third-order valence-corrected chi connectivity index (χ3v) is 2.56. The highest BCUT2D eigenvalue weighted by molar-refractivity contribution is 5.20. The van der Waals surface area contributed by atoms with Gasteiger partial charge < -0.3 is 10.2 Å². The molecule has 0 aliphatic heterocycles. The maximum Gasteiger partial charge on any atom is 0.233 e. The van der Waals surface area contributed by atoms with Crippen molar-refractivity contribution in [3.05, 3.63) is 47.2 Å². The molecule has 0 fully saturated rings. The average Bonchev–Trinajstić information content (AvgIpc) is 2.81. The van der Waals surface area contributed by atoms with E-state index in [4.69, 9.17) is 10.2 Å². The minimum atomic E-state index is -0.624. The van der Waals surface area contributed by atoms with Gasteiger partial charge in [0.2, 0.25) is 11.8 Å². The first-order valence-corrected chi connectivity index (χ1v) is 5.62. The molecule has 0 spiro atoms. The van der Waals surface area contributed by atoms with Crippen molar-refractivity contribution in [1.29, 1.82) is 0 Å². The van der Waals surface area contributed by atoms with E-state index < -0.39 is 17.7 Å². The Hall–Kier alpha value is -1.82. The van der Waals surface area contributed by atoms with Crippen molar-refractivity contribution in [3.8, 4) is 0 Å². The number of rotatable bonds is 4. The van der Waals surface area contributed by atoms with E-state index in [9.17, 15) is 8.78 Å². The molecule has 2 aromatic rings. The highest BCUT2D eigenvalue weighted by Gasteiger charge is 2.16. The first-order valence-electron chi connectivity index (χ1n) is 5.62. The van der Waals surface area contributed by atoms with E-state index in [2.05, 4.69) is 10.2 Å². The molecule has 2 rings (SSSR count). The van der Waals surface area contributed by atoms with Gasteiger partial charge in [-0.05, 0) is 18.1 Å². The van der Waals surface area contributed by atoms with Crippen LogP contribution in [-0.4, -0.2) is 10.2 Å². The van der Waals surface area contributed by atoms with Gasteiger partial charge in [-0.25, -0.2) is 8.78 Å². The Morgan fingerprint density at radius 2 is 2.11 bits per heavy atom. The van der Waals surface area contributed by atoms with Crippen LogP contribution in [0, 0.1) is 11.6 Å². The lowest BCUT2D eigenvalue weighted by atomic mass is 10.1. The van der Waals surface area contributed by atoms with Crippen LogP contribution in [0.25, 0.3) is 0 Å². The van der Waals surface area contributed by atoms with Gasteiger partial charge >= 0.3 is 0 Å². The maximum atomic E-state index is 13.4. The van der Waals surface area contributed by atoms with Crippen LogP contribution in [0.1, 0.15) is 30.3 Å². The van der Waals surface area contributed by atoms with Crippen molar-refractivity contribution in [2.45, 2.75) is 25.8 Å². The molecule has 0 radical (unpaired) electrons. The van der Waals surface area contributed by atoms with Crippen LogP contribution in [0.3, 0.4) is 0 Å². The van der Waals surface area contributed by atoms with Crippen LogP contribution in [0.15, 0.2) is 22.6 Å². The summed E-state index contributed by atoms with van der Waals surface area (Å²) in [7, 11) is 0. The Balaban J connectivity index is 2.13. The van der Waals surface area contributed by atoms with Crippen LogP contribution in [0.5, 0.6) is 0 Å². The predicted octanol–water partition coefficient (Wildman–Crippen LogP) is 2.15. The second-order valence-corrected chi connectivity index (χ2v) is 3.93. The molecule has 1 aromatic heterocycles. The lowest BCUT2D eigenvalue weighted by Crippen LogP contribution is -2.14. The van der Waals surface area contributed by atoms with E-state index in [-0.39, 0.29) is 12.3 Å². The quantitative estimate of drug-likeness (QED) is 0.906. The molecule has 0 saturated carbocycles. The minimum Gasteiger partial charge on any atom is -0.424 e. The van der Waals surface area contributed by atoms with Crippen molar-refractivity contribution in [2.24, 2.45) is 5.73 Å². The number of hydrogen-bond acceptors (Lipinski definition) is 4. The first-order chi connectivity index (χ1) is 8.60. The van der Waals surface area contributed by atoms with Gasteiger partial charge in [-0.3, -0.25) is 0 Å². The highest BCUT2D eigenvalue weighted by atomic mass is 19.1. The zero-order valence-corrected chi connectivity index (χ0v) is 9.86. The molecule has 0 saturated heterocycles. The van der Waals surface area contributed by atoms with Crippen LogP contribution in [0.4, 0.5) is 8.78 Å². The number of hydrogen-bond donors (Lipinski definition) is 1. The normalized spacial score (nSPS) is 12.7. The number of benzene rings is 1. The van der Waals surface area contributed by atoms with Crippen molar-refractivity contribution in [2.75, 3.05) is 0 Å². The van der Waals surface area contributed by atoms with Gasteiger partial charge in [0.25, 0.3) is 0 Å². The largest absolute Gasteiger partial charge is 0.424 e. The second kappa shape index (κ2) is 5.22. The minimum absolute atomic E-state index is 0.178. The van der Waals surface area contributed by atoms with Crippen molar-refractivity contribution >= 4 is 0 Å². The van der Waals surface area contributed by atoms with Crippen molar-refractivity contribution < 1.29 is 13.2 Å². The molecule has 0 amide bonds. The van der Waals surface area contributed by atoms with Crippen LogP contribution < -0.4 is 5.73 Å². The van der Waals surface area contributed by atoms with Gasteiger partial charge in [0.1, 0.15) is 11.6 Å². The van der Waals surface area contributed by atoms with Gasteiger partial charge in [-0.15, -0.1) is 10.2 Å². The number of nitrogens with two attached hydrogens (primary N) is 1. The van der Waals surface area contributed by atoms with Crippen LogP contribution in [0.2, 0.25) is 0 Å². The Kier molecular flexibility index (Phi) is 3.66. The predicted molar refractivity (Wildman–Crippen MR) is 60.7 cm³/mol. The van der Waals surface area contributed by atoms with Gasteiger partial charge in [-0.2, -0.15) is 0 Å². The average molecular weight is 253 g/mol. The second-order valence-electron chi connectivity index (χ2n) is 3.93. The molecule has 18 heavy (non-hydrogen) atoms. The molecule has 1 heterocycles. The van der Waals surface area contributed by atoms with Gasteiger partial charge in [0.05, 0.1) is 6.04 Å². The lowest BCUT2D eigenvalue weighted by molar-refractivity contribution is 0.417. The molecular weight excluding hydrogens is 240 g/mol. The Morgan fingerprint density at radius 3 is 2.72 bits per heavy atom. The summed E-state index contributed by atoms with van der Waals surface area (Å²) >= 11 is 0.